The van der Waals surface area contributed by atoms with E-state index in [9.17, 15) is 4.79 Å². The van der Waals surface area contributed by atoms with Crippen molar-refractivity contribution in [3.8, 4) is 5.75 Å². The van der Waals surface area contributed by atoms with Crippen LogP contribution < -0.4 is 73.6 Å². The van der Waals surface area contributed by atoms with Crippen molar-refractivity contribution < 1.29 is 79.9 Å². The molecule has 0 atom stereocenters. The molecule has 0 spiro atoms. The summed E-state index contributed by atoms with van der Waals surface area (Å²) in [5.74, 6) is 0.365. The molecule has 24 heavy (non-hydrogen) atoms. The number of ether oxygens (including phenoxy) is 1. The van der Waals surface area contributed by atoms with Crippen LogP contribution in [0.25, 0.3) is 0 Å². The SMILES string of the molecule is CCCN(CCOc1c(Cl)cc(Cl)cc1Cl)C(=O)n1ccnc1.[Cs+].[H-]. The van der Waals surface area contributed by atoms with Gasteiger partial charge in [0.15, 0.2) is 5.75 Å². The molecule has 2 rings (SSSR count). The first-order valence-electron chi connectivity index (χ1n) is 7.07. The fourth-order valence-electron chi connectivity index (χ4n) is 2.03. The zero-order chi connectivity index (χ0) is 16.8. The number of carbonyl (C=O) groups excluding carboxylic acids is 1. The molecule has 0 unspecified atom stereocenters. The molecule has 1 aromatic carbocycles. The second kappa shape index (κ2) is 11.4. The average Bonchev–Trinajstić information content (AvgIpc) is 3.02. The molecule has 0 radical (unpaired) electrons. The summed E-state index contributed by atoms with van der Waals surface area (Å²) in [6.07, 6.45) is 5.48. The summed E-state index contributed by atoms with van der Waals surface area (Å²) in [6, 6.07) is 2.97. The Hall–Kier alpha value is 0.622. The summed E-state index contributed by atoms with van der Waals surface area (Å²) in [5.41, 5.74) is 0. The van der Waals surface area contributed by atoms with E-state index >= 15 is 0 Å². The molecule has 9 heteroatoms. The molecule has 1 heterocycles. The van der Waals surface area contributed by atoms with Gasteiger partial charge in [-0.2, -0.15) is 0 Å². The summed E-state index contributed by atoms with van der Waals surface area (Å²) in [5, 5.41) is 1.12. The quantitative estimate of drug-likeness (QED) is 0.595. The summed E-state index contributed by atoms with van der Waals surface area (Å²) in [6.45, 7) is 3.28. The molecule has 1 aromatic heterocycles. The Balaban J connectivity index is 0.00000288. The van der Waals surface area contributed by atoms with E-state index in [1.165, 1.54) is 10.9 Å². The van der Waals surface area contributed by atoms with Gasteiger partial charge in [-0.1, -0.05) is 41.7 Å². The fraction of sp³-hybridized carbons (Fsp3) is 0.333. The fourth-order valence-corrected chi connectivity index (χ4v) is 2.96. The van der Waals surface area contributed by atoms with Crippen LogP contribution in [0.3, 0.4) is 0 Å². The van der Waals surface area contributed by atoms with Crippen LogP contribution in [0.1, 0.15) is 14.8 Å². The van der Waals surface area contributed by atoms with Gasteiger partial charge in [-0.25, -0.2) is 9.78 Å². The first kappa shape index (κ1) is 22.7. The topological polar surface area (TPSA) is 47.4 Å². The van der Waals surface area contributed by atoms with Crippen molar-refractivity contribution in [2.45, 2.75) is 13.3 Å². The van der Waals surface area contributed by atoms with Crippen molar-refractivity contribution >= 4 is 40.8 Å². The standard InChI is InChI=1S/C15H16Cl3N3O2.Cs.H/c1-2-4-20(15(22)21-5-3-19-10-21)6-7-23-14-12(17)8-11(16)9-13(14)18;;/h3,5,8-10H,2,4,6-7H2,1H3;;/q;+1;-1. The van der Waals surface area contributed by atoms with Gasteiger partial charge in [-0.3, -0.25) is 4.57 Å². The van der Waals surface area contributed by atoms with Crippen LogP contribution in [-0.4, -0.2) is 40.2 Å². The van der Waals surface area contributed by atoms with Crippen LogP contribution in [0.4, 0.5) is 4.79 Å². The van der Waals surface area contributed by atoms with Crippen LogP contribution in [0.2, 0.25) is 15.1 Å². The van der Waals surface area contributed by atoms with Gasteiger partial charge in [0.25, 0.3) is 0 Å². The van der Waals surface area contributed by atoms with E-state index in [1.807, 2.05) is 6.92 Å². The number of nitrogens with zero attached hydrogens (tertiary/aromatic N) is 3. The summed E-state index contributed by atoms with van der Waals surface area (Å²) < 4.78 is 7.05. The maximum atomic E-state index is 12.3. The van der Waals surface area contributed by atoms with Crippen molar-refractivity contribution in [3.05, 3.63) is 45.9 Å². The maximum absolute atomic E-state index is 12.3. The number of amides is 1. The molecule has 0 saturated heterocycles. The van der Waals surface area contributed by atoms with E-state index < -0.39 is 0 Å². The Morgan fingerprint density at radius 3 is 2.50 bits per heavy atom. The van der Waals surface area contributed by atoms with Gasteiger partial charge in [-0.05, 0) is 18.6 Å². The largest absolute Gasteiger partial charge is 1.00 e. The monoisotopic (exact) mass is 509 g/mol. The van der Waals surface area contributed by atoms with Crippen LogP contribution in [0, 0.1) is 0 Å². The minimum Gasteiger partial charge on any atom is -1.00 e. The second-order valence-electron chi connectivity index (χ2n) is 4.79. The minimum absolute atomic E-state index is 0. The number of halogens is 3. The number of imidazole rings is 1. The molecule has 0 bridgehead atoms. The van der Waals surface area contributed by atoms with E-state index in [1.54, 1.807) is 29.4 Å². The zero-order valence-electron chi connectivity index (χ0n) is 14.5. The zero-order valence-corrected chi connectivity index (χ0v) is 22.1. The third-order valence-electron chi connectivity index (χ3n) is 3.06. The molecule has 0 aliphatic carbocycles. The van der Waals surface area contributed by atoms with Crippen molar-refractivity contribution in [1.82, 2.24) is 14.5 Å². The summed E-state index contributed by atoms with van der Waals surface area (Å²) in [7, 11) is 0. The van der Waals surface area contributed by atoms with Gasteiger partial charge in [0.2, 0.25) is 0 Å². The Labute approximate surface area is 216 Å². The third-order valence-corrected chi connectivity index (χ3v) is 3.84. The van der Waals surface area contributed by atoms with E-state index in [0.717, 1.165) is 6.42 Å². The van der Waals surface area contributed by atoms with Gasteiger partial charge in [0.05, 0.1) is 16.6 Å². The summed E-state index contributed by atoms with van der Waals surface area (Å²) in [4.78, 5) is 17.9. The average molecular weight is 511 g/mol. The molecule has 0 saturated carbocycles. The van der Waals surface area contributed by atoms with Crippen LogP contribution in [0.5, 0.6) is 5.75 Å². The smallest absolute Gasteiger partial charge is 1.00 e. The predicted octanol–water partition coefficient (Wildman–Crippen LogP) is 1.72. The van der Waals surface area contributed by atoms with Gasteiger partial charge in [0, 0.05) is 24.0 Å². The Morgan fingerprint density at radius 1 is 1.29 bits per heavy atom. The molecule has 0 fully saturated rings. The molecule has 2 aromatic rings. The van der Waals surface area contributed by atoms with Crippen molar-refractivity contribution in [2.24, 2.45) is 0 Å². The van der Waals surface area contributed by atoms with Crippen molar-refractivity contribution in [1.29, 1.82) is 0 Å². The first-order valence-corrected chi connectivity index (χ1v) is 8.21. The normalized spacial score (nSPS) is 10.2. The molecular formula is C15H17Cl3CsN3O2. The molecule has 0 aliphatic heterocycles. The number of rotatable bonds is 6. The second-order valence-corrected chi connectivity index (χ2v) is 6.04. The number of aromatic nitrogens is 2. The Morgan fingerprint density at radius 2 is 1.96 bits per heavy atom. The molecule has 1 amide bonds. The molecule has 5 nitrogen and oxygen atoms in total. The molecular weight excluding hydrogens is 493 g/mol. The van der Waals surface area contributed by atoms with Crippen LogP contribution in [-0.2, 0) is 0 Å². The Bertz CT molecular complexity index is 651. The van der Waals surface area contributed by atoms with Crippen molar-refractivity contribution in [2.75, 3.05) is 19.7 Å². The first-order chi connectivity index (χ1) is 11.0. The van der Waals surface area contributed by atoms with Gasteiger partial charge in [0.1, 0.15) is 12.9 Å². The molecule has 126 valence electrons. The summed E-state index contributed by atoms with van der Waals surface area (Å²) >= 11 is 18.0. The maximum Gasteiger partial charge on any atom is 1.00 e. The van der Waals surface area contributed by atoms with E-state index in [0.29, 0.717) is 33.9 Å². The third kappa shape index (κ3) is 6.41. The van der Waals surface area contributed by atoms with Crippen LogP contribution >= 0.6 is 34.8 Å². The Kier molecular flexibility index (Phi) is 10.7. The van der Waals surface area contributed by atoms with Gasteiger partial charge >= 0.3 is 74.9 Å². The van der Waals surface area contributed by atoms with Crippen LogP contribution in [0.15, 0.2) is 30.9 Å². The number of benzene rings is 1. The molecule has 0 N–H and O–H groups in total. The number of hydrogen-bond acceptors (Lipinski definition) is 3. The van der Waals surface area contributed by atoms with Gasteiger partial charge in [-0.15, -0.1) is 0 Å². The van der Waals surface area contributed by atoms with E-state index in [4.69, 9.17) is 39.5 Å². The van der Waals surface area contributed by atoms with Crippen molar-refractivity contribution in [3.63, 3.8) is 0 Å². The molecule has 0 aliphatic rings. The predicted molar refractivity (Wildman–Crippen MR) is 93.0 cm³/mol. The van der Waals surface area contributed by atoms with E-state index in [-0.39, 0.29) is 83.0 Å². The number of hydrogen-bond donors (Lipinski definition) is 0. The number of carbonyl (C=O) groups is 1. The van der Waals surface area contributed by atoms with Gasteiger partial charge < -0.3 is 11.1 Å². The minimum atomic E-state index is -0.152. The van der Waals surface area contributed by atoms with E-state index in [2.05, 4.69) is 4.98 Å².